The van der Waals surface area contributed by atoms with Crippen LogP contribution in [0.25, 0.3) is 0 Å². The average Bonchev–Trinajstić information content (AvgIpc) is 3.18. The van der Waals surface area contributed by atoms with Gasteiger partial charge in [0, 0.05) is 45.5 Å². The minimum absolute atomic E-state index is 0.466. The molecule has 0 spiro atoms. The van der Waals surface area contributed by atoms with E-state index in [1.807, 2.05) is 50.4 Å². The molecule has 0 aliphatic carbocycles. The SMILES string of the molecule is C#C.CCN=C1NC=C(SC)CC=C1CC/C=C/C=C(\C=C(/C)CF)OCCNc1ccccc1NC.COC. The van der Waals surface area contributed by atoms with Crippen LogP contribution in [0.3, 0.4) is 0 Å². The predicted molar refractivity (Wildman–Crippen MR) is 175 cm³/mol. The third-order valence-corrected chi connectivity index (χ3v) is 6.07. The highest BCUT2D eigenvalue weighted by Crippen LogP contribution is 2.22. The number of nitrogens with zero attached hydrogens (tertiary/aromatic N) is 1. The summed E-state index contributed by atoms with van der Waals surface area (Å²) < 4.78 is 23.2. The molecule has 1 aromatic carbocycles. The number of rotatable bonds is 14. The fourth-order valence-electron chi connectivity index (χ4n) is 3.42. The van der Waals surface area contributed by atoms with E-state index in [2.05, 4.69) is 63.1 Å². The predicted octanol–water partition coefficient (Wildman–Crippen LogP) is 7.35. The number of ether oxygens (including phenoxy) is 2. The molecule has 0 radical (unpaired) electrons. The Morgan fingerprint density at radius 1 is 1.23 bits per heavy atom. The third kappa shape index (κ3) is 15.9. The van der Waals surface area contributed by atoms with E-state index in [-0.39, 0.29) is 0 Å². The number of nitrogens with one attached hydrogen (secondary N) is 3. The summed E-state index contributed by atoms with van der Waals surface area (Å²) in [7, 11) is 5.15. The van der Waals surface area contributed by atoms with E-state index >= 15 is 0 Å². The molecule has 0 atom stereocenters. The van der Waals surface area contributed by atoms with Crippen LogP contribution in [0.1, 0.15) is 33.1 Å². The normalized spacial score (nSPS) is 14.5. The van der Waals surface area contributed by atoms with Crippen LogP contribution in [0.5, 0.6) is 0 Å². The molecule has 40 heavy (non-hydrogen) atoms. The van der Waals surface area contributed by atoms with E-state index in [1.54, 1.807) is 39.0 Å². The number of alkyl halides is 1. The van der Waals surface area contributed by atoms with Crippen LogP contribution in [0.15, 0.2) is 87.6 Å². The Morgan fingerprint density at radius 3 is 2.55 bits per heavy atom. The monoisotopic (exact) mass is 570 g/mol. The molecule has 0 saturated heterocycles. The lowest BCUT2D eigenvalue weighted by molar-refractivity contribution is 0.236. The smallest absolute Gasteiger partial charge is 0.127 e. The van der Waals surface area contributed by atoms with Crippen LogP contribution in [-0.2, 0) is 9.47 Å². The number of aliphatic imine (C=N–C) groups is 1. The first kappa shape index (κ1) is 36.6. The molecular formula is C32H47FN4O2S. The highest BCUT2D eigenvalue weighted by atomic mass is 32.2. The quantitative estimate of drug-likeness (QED) is 0.0941. The molecule has 0 amide bonds. The van der Waals surface area contributed by atoms with E-state index in [9.17, 15) is 4.39 Å². The van der Waals surface area contributed by atoms with Crippen molar-refractivity contribution >= 4 is 29.0 Å². The van der Waals surface area contributed by atoms with Gasteiger partial charge in [-0.1, -0.05) is 30.4 Å². The second kappa shape index (κ2) is 24.6. The van der Waals surface area contributed by atoms with Gasteiger partial charge in [0.25, 0.3) is 0 Å². The van der Waals surface area contributed by atoms with Gasteiger partial charge in [-0.25, -0.2) is 4.39 Å². The average molecular weight is 571 g/mol. The lowest BCUT2D eigenvalue weighted by Crippen LogP contribution is -2.19. The number of allylic oxidation sites excluding steroid dienone is 7. The van der Waals surface area contributed by atoms with Crippen LogP contribution < -0.4 is 16.0 Å². The lowest BCUT2D eigenvalue weighted by atomic mass is 10.1. The Balaban J connectivity index is 0.00000284. The van der Waals surface area contributed by atoms with Gasteiger partial charge in [0.1, 0.15) is 24.9 Å². The minimum atomic E-state index is -0.495. The number of halogens is 1. The number of methoxy groups -OCH3 is 1. The number of hydrogen-bond acceptors (Lipinski definition) is 6. The Labute approximate surface area is 246 Å². The maximum Gasteiger partial charge on any atom is 0.127 e. The van der Waals surface area contributed by atoms with Crippen molar-refractivity contribution < 1.29 is 13.9 Å². The zero-order chi connectivity index (χ0) is 30.0. The zero-order valence-electron chi connectivity index (χ0n) is 24.9. The summed E-state index contributed by atoms with van der Waals surface area (Å²) in [4.78, 5) is 5.91. The van der Waals surface area contributed by atoms with Gasteiger partial charge in [-0.3, -0.25) is 4.99 Å². The fraction of sp³-hybridized carbons (Fsp3) is 0.406. The molecule has 0 bridgehead atoms. The van der Waals surface area contributed by atoms with Gasteiger partial charge in [-0.05, 0) is 74.8 Å². The van der Waals surface area contributed by atoms with Gasteiger partial charge >= 0.3 is 0 Å². The van der Waals surface area contributed by atoms with Gasteiger partial charge in [0.2, 0.25) is 0 Å². The lowest BCUT2D eigenvalue weighted by Gasteiger charge is -2.12. The largest absolute Gasteiger partial charge is 0.492 e. The van der Waals surface area contributed by atoms with Crippen LogP contribution in [-0.4, -0.2) is 59.7 Å². The molecule has 1 heterocycles. The van der Waals surface area contributed by atoms with Crippen LogP contribution in [0, 0.1) is 12.8 Å². The van der Waals surface area contributed by atoms with Gasteiger partial charge in [0.05, 0.1) is 11.4 Å². The van der Waals surface area contributed by atoms with Crippen molar-refractivity contribution in [1.29, 1.82) is 0 Å². The van der Waals surface area contributed by atoms with Crippen molar-refractivity contribution in [3.8, 4) is 12.8 Å². The van der Waals surface area contributed by atoms with Crippen molar-refractivity contribution in [3.63, 3.8) is 0 Å². The number of hydrogen-bond donors (Lipinski definition) is 3. The molecular weight excluding hydrogens is 523 g/mol. The zero-order valence-corrected chi connectivity index (χ0v) is 25.7. The number of anilines is 2. The Morgan fingerprint density at radius 2 is 1.93 bits per heavy atom. The summed E-state index contributed by atoms with van der Waals surface area (Å²) in [5.41, 5.74) is 3.92. The highest BCUT2D eigenvalue weighted by molar-refractivity contribution is 8.02. The standard InChI is InChI=1S/C28H39FN4OS.C2H6O.C2H2/c1-5-31-28-23(15-16-25(35-4)21-33-28)11-7-6-8-12-24(19-22(2)20-29)34-18-17-32-27-14-10-9-13-26(27)30-3;1-3-2;1-2/h6,8-10,12-15,19,21,30,32H,5,7,11,16-18,20H2,1-4H3,(H,31,33);1-2H3;1-2H/b8-6+,22-19+,24-12+;;. The molecule has 0 saturated carbocycles. The van der Waals surface area contributed by atoms with Crippen molar-refractivity contribution in [3.05, 3.63) is 82.7 Å². The minimum Gasteiger partial charge on any atom is -0.492 e. The van der Waals surface area contributed by atoms with Gasteiger partial charge < -0.3 is 25.4 Å². The van der Waals surface area contributed by atoms with E-state index in [0.717, 1.165) is 43.0 Å². The molecule has 0 unspecified atom stereocenters. The maximum atomic E-state index is 13.1. The fourth-order valence-corrected chi connectivity index (χ4v) is 3.84. The molecule has 1 aliphatic heterocycles. The summed E-state index contributed by atoms with van der Waals surface area (Å²) in [5, 5.41) is 9.89. The summed E-state index contributed by atoms with van der Waals surface area (Å²) in [6.45, 7) is 5.16. The van der Waals surface area contributed by atoms with Crippen molar-refractivity contribution in [2.24, 2.45) is 4.99 Å². The van der Waals surface area contributed by atoms with E-state index in [1.165, 1.54) is 10.5 Å². The number of para-hydroxylation sites is 2. The molecule has 3 N–H and O–H groups in total. The molecule has 8 heteroatoms. The molecule has 1 aromatic rings. The molecule has 0 aromatic heterocycles. The van der Waals surface area contributed by atoms with E-state index in [4.69, 9.17) is 4.74 Å². The first-order chi connectivity index (χ1) is 19.5. The van der Waals surface area contributed by atoms with Crippen molar-refractivity contribution in [2.75, 3.05) is 64.5 Å². The van der Waals surface area contributed by atoms with E-state index < -0.39 is 6.67 Å². The topological polar surface area (TPSA) is 66.9 Å². The van der Waals surface area contributed by atoms with Crippen LogP contribution in [0.2, 0.25) is 0 Å². The molecule has 6 nitrogen and oxygen atoms in total. The summed E-state index contributed by atoms with van der Waals surface area (Å²) in [6, 6.07) is 8.02. The van der Waals surface area contributed by atoms with E-state index in [0.29, 0.717) is 24.5 Å². The summed E-state index contributed by atoms with van der Waals surface area (Å²) in [5.74, 6) is 1.61. The van der Waals surface area contributed by atoms with Crippen molar-refractivity contribution in [2.45, 2.75) is 33.1 Å². The Kier molecular flexibility index (Phi) is 22.5. The Bertz CT molecular complexity index is 1040. The molecule has 0 fully saturated rings. The number of terminal acetylenes is 1. The van der Waals surface area contributed by atoms with Gasteiger partial charge in [0.15, 0.2) is 0 Å². The molecule has 2 rings (SSSR count). The second-order valence-corrected chi connectivity index (χ2v) is 9.29. The molecule has 220 valence electrons. The number of benzene rings is 1. The maximum absolute atomic E-state index is 13.1. The number of amidine groups is 1. The Hall–Kier alpha value is -3.41. The van der Waals surface area contributed by atoms with Gasteiger partial charge in [-0.2, -0.15) is 0 Å². The van der Waals surface area contributed by atoms with Crippen LogP contribution >= 0.6 is 11.8 Å². The summed E-state index contributed by atoms with van der Waals surface area (Å²) in [6.07, 6.45) is 24.9. The van der Waals surface area contributed by atoms with Crippen molar-refractivity contribution in [1.82, 2.24) is 5.32 Å². The highest BCUT2D eigenvalue weighted by Gasteiger charge is 2.09. The summed E-state index contributed by atoms with van der Waals surface area (Å²) >= 11 is 1.76. The third-order valence-electron chi connectivity index (χ3n) is 5.26. The van der Waals surface area contributed by atoms with Crippen LogP contribution in [0.4, 0.5) is 15.8 Å². The molecule has 1 aliphatic rings. The van der Waals surface area contributed by atoms with Gasteiger partial charge in [-0.15, -0.1) is 24.6 Å². The first-order valence-electron chi connectivity index (χ1n) is 13.2. The number of thioether (sulfide) groups is 1. The second-order valence-electron chi connectivity index (χ2n) is 8.35. The first-order valence-corrected chi connectivity index (χ1v) is 14.5.